The van der Waals surface area contributed by atoms with Crippen molar-refractivity contribution in [1.82, 2.24) is 4.72 Å². The second-order valence-electron chi connectivity index (χ2n) is 5.73. The van der Waals surface area contributed by atoms with Gasteiger partial charge in [0.05, 0.1) is 11.0 Å². The van der Waals surface area contributed by atoms with E-state index in [-0.39, 0.29) is 12.1 Å². The average Bonchev–Trinajstić information content (AvgIpc) is 2.88. The molecule has 118 valence electrons. The zero-order valence-corrected chi connectivity index (χ0v) is 13.7. The third-order valence-corrected chi connectivity index (χ3v) is 5.89. The first-order valence-electron chi connectivity index (χ1n) is 7.22. The van der Waals surface area contributed by atoms with Crippen molar-refractivity contribution in [2.24, 2.45) is 5.73 Å². The predicted octanol–water partition coefficient (Wildman–Crippen LogP) is 1.61. The number of sulfonamides is 1. The van der Waals surface area contributed by atoms with Gasteiger partial charge in [-0.15, -0.1) is 0 Å². The van der Waals surface area contributed by atoms with Gasteiger partial charge in [0.2, 0.25) is 10.0 Å². The third-order valence-electron chi connectivity index (χ3n) is 4.24. The van der Waals surface area contributed by atoms with Crippen LogP contribution in [0.4, 0.5) is 0 Å². The number of rotatable bonds is 5. The summed E-state index contributed by atoms with van der Waals surface area (Å²) in [6.07, 6.45) is 2.58. The molecule has 1 fully saturated rings. The SMILES string of the molecule is COC1CCC(NS(=O)(=O)c2cc(CN)cc(C)c2C)C1. The molecular formula is C15H24N2O3S. The van der Waals surface area contributed by atoms with Gasteiger partial charge in [0.15, 0.2) is 0 Å². The molecule has 1 aliphatic carbocycles. The second-order valence-corrected chi connectivity index (χ2v) is 7.41. The molecule has 2 rings (SSSR count). The Hall–Kier alpha value is -0.950. The lowest BCUT2D eigenvalue weighted by molar-refractivity contribution is 0.107. The molecule has 0 saturated heterocycles. The molecule has 6 heteroatoms. The van der Waals surface area contributed by atoms with Gasteiger partial charge in [-0.25, -0.2) is 13.1 Å². The normalized spacial score (nSPS) is 22.7. The highest BCUT2D eigenvalue weighted by Gasteiger charge is 2.29. The second kappa shape index (κ2) is 6.44. The van der Waals surface area contributed by atoms with Crippen LogP contribution in [0, 0.1) is 13.8 Å². The maximum absolute atomic E-state index is 12.6. The molecule has 1 aromatic carbocycles. The Morgan fingerprint density at radius 2 is 2.05 bits per heavy atom. The topological polar surface area (TPSA) is 81.4 Å². The minimum atomic E-state index is -3.52. The van der Waals surface area contributed by atoms with Crippen molar-refractivity contribution in [3.8, 4) is 0 Å². The summed E-state index contributed by atoms with van der Waals surface area (Å²) in [4.78, 5) is 0.337. The van der Waals surface area contributed by atoms with E-state index in [9.17, 15) is 8.42 Å². The van der Waals surface area contributed by atoms with E-state index in [0.717, 1.165) is 36.0 Å². The lowest BCUT2D eigenvalue weighted by Gasteiger charge is -2.16. The van der Waals surface area contributed by atoms with Gasteiger partial charge in [-0.05, 0) is 55.9 Å². The molecule has 1 aliphatic rings. The summed E-state index contributed by atoms with van der Waals surface area (Å²) in [5.41, 5.74) is 8.20. The summed E-state index contributed by atoms with van der Waals surface area (Å²) in [7, 11) is -1.86. The van der Waals surface area contributed by atoms with Crippen LogP contribution >= 0.6 is 0 Å². The van der Waals surface area contributed by atoms with Crippen LogP contribution in [0.5, 0.6) is 0 Å². The summed E-state index contributed by atoms with van der Waals surface area (Å²) in [6, 6.07) is 3.55. The van der Waals surface area contributed by atoms with Gasteiger partial charge in [-0.3, -0.25) is 0 Å². The molecule has 0 bridgehead atoms. The van der Waals surface area contributed by atoms with Crippen LogP contribution < -0.4 is 10.5 Å². The van der Waals surface area contributed by atoms with Crippen LogP contribution in [0.25, 0.3) is 0 Å². The molecule has 2 unspecified atom stereocenters. The number of nitrogens with one attached hydrogen (secondary N) is 1. The Labute approximate surface area is 126 Å². The van der Waals surface area contributed by atoms with Crippen LogP contribution in [-0.2, 0) is 21.3 Å². The van der Waals surface area contributed by atoms with Crippen LogP contribution in [0.2, 0.25) is 0 Å². The van der Waals surface area contributed by atoms with E-state index in [4.69, 9.17) is 10.5 Å². The highest BCUT2D eigenvalue weighted by molar-refractivity contribution is 7.89. The predicted molar refractivity (Wildman–Crippen MR) is 82.6 cm³/mol. The number of methoxy groups -OCH3 is 1. The molecule has 0 aliphatic heterocycles. The van der Waals surface area contributed by atoms with E-state index in [0.29, 0.717) is 11.4 Å². The van der Waals surface area contributed by atoms with Gasteiger partial charge in [-0.1, -0.05) is 6.07 Å². The number of hydrogen-bond acceptors (Lipinski definition) is 4. The summed E-state index contributed by atoms with van der Waals surface area (Å²) in [5.74, 6) is 0. The van der Waals surface area contributed by atoms with Crippen molar-refractivity contribution in [3.63, 3.8) is 0 Å². The zero-order valence-electron chi connectivity index (χ0n) is 12.8. The Balaban J connectivity index is 2.26. The smallest absolute Gasteiger partial charge is 0.241 e. The fraction of sp³-hybridized carbons (Fsp3) is 0.600. The van der Waals surface area contributed by atoms with E-state index in [2.05, 4.69) is 4.72 Å². The van der Waals surface area contributed by atoms with Gasteiger partial charge >= 0.3 is 0 Å². The monoisotopic (exact) mass is 312 g/mol. The highest BCUT2D eigenvalue weighted by atomic mass is 32.2. The van der Waals surface area contributed by atoms with Crippen LogP contribution in [0.3, 0.4) is 0 Å². The minimum absolute atomic E-state index is 0.0545. The van der Waals surface area contributed by atoms with Gasteiger partial charge in [0.1, 0.15) is 0 Å². The van der Waals surface area contributed by atoms with Crippen molar-refractivity contribution in [2.45, 2.75) is 56.7 Å². The van der Waals surface area contributed by atoms with Crippen molar-refractivity contribution in [3.05, 3.63) is 28.8 Å². The van der Waals surface area contributed by atoms with Gasteiger partial charge in [0, 0.05) is 19.7 Å². The minimum Gasteiger partial charge on any atom is -0.381 e. The number of hydrogen-bond donors (Lipinski definition) is 2. The van der Waals surface area contributed by atoms with Crippen LogP contribution in [0.15, 0.2) is 17.0 Å². The molecular weight excluding hydrogens is 288 g/mol. The standard InChI is InChI=1S/C15H24N2O3S/c1-10-6-12(9-16)7-15(11(10)2)21(18,19)17-13-4-5-14(8-13)20-3/h6-7,13-14,17H,4-5,8-9,16H2,1-3H3. The maximum Gasteiger partial charge on any atom is 0.241 e. The maximum atomic E-state index is 12.6. The van der Waals surface area contributed by atoms with Crippen LogP contribution in [-0.4, -0.2) is 27.7 Å². The molecule has 5 nitrogen and oxygen atoms in total. The molecule has 21 heavy (non-hydrogen) atoms. The first-order valence-corrected chi connectivity index (χ1v) is 8.71. The summed E-state index contributed by atoms with van der Waals surface area (Å²) in [5, 5.41) is 0. The number of ether oxygens (including phenoxy) is 1. The van der Waals surface area contributed by atoms with Gasteiger partial charge in [0.25, 0.3) is 0 Å². The average molecular weight is 312 g/mol. The first-order chi connectivity index (χ1) is 9.87. The lowest BCUT2D eigenvalue weighted by atomic mass is 10.1. The summed E-state index contributed by atoms with van der Waals surface area (Å²) in [6.45, 7) is 4.07. The first kappa shape index (κ1) is 16.4. The number of aryl methyl sites for hydroxylation is 1. The molecule has 1 saturated carbocycles. The zero-order chi connectivity index (χ0) is 15.6. The van der Waals surface area contributed by atoms with Crippen molar-refractivity contribution in [2.75, 3.05) is 7.11 Å². The molecule has 3 N–H and O–H groups in total. The van der Waals surface area contributed by atoms with E-state index in [1.165, 1.54) is 0 Å². The number of benzene rings is 1. The highest BCUT2D eigenvalue weighted by Crippen LogP contribution is 2.25. The molecule has 0 radical (unpaired) electrons. The fourth-order valence-corrected chi connectivity index (χ4v) is 4.49. The van der Waals surface area contributed by atoms with Gasteiger partial charge in [-0.2, -0.15) is 0 Å². The van der Waals surface area contributed by atoms with Crippen molar-refractivity contribution in [1.29, 1.82) is 0 Å². The van der Waals surface area contributed by atoms with E-state index in [1.807, 2.05) is 19.9 Å². The Morgan fingerprint density at radius 1 is 1.33 bits per heavy atom. The summed E-state index contributed by atoms with van der Waals surface area (Å²) >= 11 is 0. The lowest BCUT2D eigenvalue weighted by Crippen LogP contribution is -2.34. The van der Waals surface area contributed by atoms with Crippen molar-refractivity contribution >= 4 is 10.0 Å². The third kappa shape index (κ3) is 3.63. The van der Waals surface area contributed by atoms with Crippen LogP contribution in [0.1, 0.15) is 36.0 Å². The molecule has 1 aromatic rings. The Kier molecular flexibility index (Phi) is 5.03. The molecule has 0 spiro atoms. The quantitative estimate of drug-likeness (QED) is 0.865. The molecule has 2 atom stereocenters. The molecule has 0 heterocycles. The van der Waals surface area contributed by atoms with E-state index < -0.39 is 10.0 Å². The Bertz CT molecular complexity index is 614. The molecule has 0 aromatic heterocycles. The number of nitrogens with two attached hydrogens (primary N) is 1. The van der Waals surface area contributed by atoms with E-state index in [1.54, 1.807) is 13.2 Å². The molecule has 0 amide bonds. The van der Waals surface area contributed by atoms with Gasteiger partial charge < -0.3 is 10.5 Å². The van der Waals surface area contributed by atoms with E-state index >= 15 is 0 Å². The summed E-state index contributed by atoms with van der Waals surface area (Å²) < 4.78 is 33.4. The largest absolute Gasteiger partial charge is 0.381 e. The van der Waals surface area contributed by atoms with Crippen molar-refractivity contribution < 1.29 is 13.2 Å². The Morgan fingerprint density at radius 3 is 2.62 bits per heavy atom. The fourth-order valence-electron chi connectivity index (χ4n) is 2.84.